The lowest BCUT2D eigenvalue weighted by atomic mass is 10.0. The minimum absolute atomic E-state index is 0.00831. The van der Waals surface area contributed by atoms with Crippen LogP contribution < -0.4 is 5.32 Å². The first kappa shape index (κ1) is 27.3. The monoisotopic (exact) mass is 519 g/mol. The van der Waals surface area contributed by atoms with Crippen molar-refractivity contribution in [3.8, 4) is 0 Å². The van der Waals surface area contributed by atoms with Crippen LogP contribution in [0.3, 0.4) is 0 Å². The number of hydrogen-bond donors (Lipinski definition) is 2. The second-order valence-corrected chi connectivity index (χ2v) is 10.2. The van der Waals surface area contributed by atoms with Gasteiger partial charge in [0.25, 0.3) is 5.91 Å². The molecule has 1 saturated heterocycles. The number of rotatable bonds is 7. The molecule has 2 aromatic heterocycles. The second-order valence-electron chi connectivity index (χ2n) is 10.2. The van der Waals surface area contributed by atoms with E-state index in [1.807, 2.05) is 60.3 Å². The zero-order chi connectivity index (χ0) is 27.2. The number of allylic oxidation sites excluding steroid dienone is 5. The van der Waals surface area contributed by atoms with E-state index in [4.69, 9.17) is 0 Å². The van der Waals surface area contributed by atoms with E-state index in [0.29, 0.717) is 30.3 Å². The summed E-state index contributed by atoms with van der Waals surface area (Å²) in [4.78, 5) is 34.2. The highest BCUT2D eigenvalue weighted by Crippen LogP contribution is 2.22. The molecule has 0 aliphatic carbocycles. The number of amides is 3. The molecule has 2 aliphatic rings. The molecule has 38 heavy (non-hydrogen) atoms. The Morgan fingerprint density at radius 2 is 1.89 bits per heavy atom. The van der Waals surface area contributed by atoms with Gasteiger partial charge >= 0.3 is 6.03 Å². The van der Waals surface area contributed by atoms with Crippen LogP contribution in [-0.2, 0) is 13.0 Å². The van der Waals surface area contributed by atoms with Gasteiger partial charge < -0.3 is 24.8 Å². The zero-order valence-electron chi connectivity index (χ0n) is 22.6. The number of pyridine rings is 1. The van der Waals surface area contributed by atoms with Crippen LogP contribution >= 0.6 is 0 Å². The number of carbonyl (C=O) groups is 2. The number of aromatic nitrogens is 4. The van der Waals surface area contributed by atoms with Crippen LogP contribution in [0.5, 0.6) is 0 Å². The van der Waals surface area contributed by atoms with Crippen molar-refractivity contribution in [1.82, 2.24) is 34.9 Å². The fourth-order valence-electron chi connectivity index (χ4n) is 4.65. The van der Waals surface area contributed by atoms with Gasteiger partial charge in [-0.3, -0.25) is 9.78 Å². The standard InChI is InChI=1S/C28H37N7O3/c1-19(2)24(9-7-8-20(3)26-32-30-18-35(26)21(4)17-36)31-27(37)25-14-23-16-34(13-10-22(23)15-29-25)28(38)33-11-5-6-12-33/h7-9,14-15,18,21,36H,5-6,10-13,16-17H2,1-4H3,(H,31,37)/b9-7-,20-8+. The molecule has 2 N–H and O–H groups in total. The van der Waals surface area contributed by atoms with E-state index in [1.165, 1.54) is 0 Å². The van der Waals surface area contributed by atoms with Crippen molar-refractivity contribution >= 4 is 17.5 Å². The summed E-state index contributed by atoms with van der Waals surface area (Å²) in [6.45, 7) is 10.5. The Kier molecular flexibility index (Phi) is 8.73. The largest absolute Gasteiger partial charge is 0.394 e. The van der Waals surface area contributed by atoms with Crippen LogP contribution in [0.25, 0.3) is 5.57 Å². The Hall–Kier alpha value is -3.79. The molecule has 4 rings (SSSR count). The molecule has 0 bridgehead atoms. The summed E-state index contributed by atoms with van der Waals surface area (Å²) >= 11 is 0. The van der Waals surface area contributed by atoms with Crippen LogP contribution in [0.2, 0.25) is 0 Å². The van der Waals surface area contributed by atoms with Crippen LogP contribution in [-0.4, -0.2) is 72.8 Å². The predicted octanol–water partition coefficient (Wildman–Crippen LogP) is 3.48. The van der Waals surface area contributed by atoms with E-state index in [-0.39, 0.29) is 24.6 Å². The average Bonchev–Trinajstić information content (AvgIpc) is 3.63. The topological polar surface area (TPSA) is 116 Å². The lowest BCUT2D eigenvalue weighted by molar-refractivity contribution is 0.0961. The van der Waals surface area contributed by atoms with Gasteiger partial charge in [0.1, 0.15) is 12.0 Å². The van der Waals surface area contributed by atoms with Crippen molar-refractivity contribution < 1.29 is 14.7 Å². The summed E-state index contributed by atoms with van der Waals surface area (Å²) in [6, 6.07) is 1.76. The van der Waals surface area contributed by atoms with E-state index in [2.05, 4.69) is 20.5 Å². The molecule has 0 aromatic carbocycles. The SMILES string of the molecule is CC(C)=C(/C=C\C=C(/C)c1nncn1C(C)CO)NC(=O)c1cc2c(cn1)CCN(C(=O)N1CCCC1)C2. The minimum atomic E-state index is -0.297. The van der Waals surface area contributed by atoms with Crippen molar-refractivity contribution in [2.45, 2.75) is 59.5 Å². The molecule has 2 aromatic rings. The summed E-state index contributed by atoms with van der Waals surface area (Å²) in [5.74, 6) is 0.378. The molecule has 1 fully saturated rings. The molecule has 0 saturated carbocycles. The van der Waals surface area contributed by atoms with Gasteiger partial charge in [-0.05, 0) is 75.8 Å². The summed E-state index contributed by atoms with van der Waals surface area (Å²) < 4.78 is 1.82. The van der Waals surface area contributed by atoms with Crippen LogP contribution in [0, 0.1) is 0 Å². The average molecular weight is 520 g/mol. The number of nitrogens with one attached hydrogen (secondary N) is 1. The molecule has 0 radical (unpaired) electrons. The molecular weight excluding hydrogens is 482 g/mol. The number of carbonyl (C=O) groups excluding carboxylic acids is 2. The zero-order valence-corrected chi connectivity index (χ0v) is 22.6. The fraction of sp³-hybridized carbons (Fsp3) is 0.464. The van der Waals surface area contributed by atoms with E-state index in [9.17, 15) is 14.7 Å². The highest BCUT2D eigenvalue weighted by Gasteiger charge is 2.27. The molecule has 3 amide bonds. The first-order valence-corrected chi connectivity index (χ1v) is 13.1. The van der Waals surface area contributed by atoms with E-state index in [0.717, 1.165) is 54.6 Å². The first-order valence-electron chi connectivity index (χ1n) is 13.1. The number of aliphatic hydroxyl groups excluding tert-OH is 1. The molecule has 10 heteroatoms. The number of urea groups is 1. The Balaban J connectivity index is 1.44. The normalized spacial score (nSPS) is 16.5. The van der Waals surface area contributed by atoms with Gasteiger partial charge in [-0.15, -0.1) is 10.2 Å². The van der Waals surface area contributed by atoms with E-state index in [1.54, 1.807) is 18.6 Å². The van der Waals surface area contributed by atoms with Gasteiger partial charge in [-0.25, -0.2) is 4.79 Å². The van der Waals surface area contributed by atoms with Gasteiger partial charge in [-0.1, -0.05) is 17.7 Å². The van der Waals surface area contributed by atoms with Crippen LogP contribution in [0.1, 0.15) is 74.0 Å². The first-order chi connectivity index (χ1) is 18.3. The third-order valence-electron chi connectivity index (χ3n) is 7.04. The molecule has 1 atom stereocenters. The third kappa shape index (κ3) is 6.19. The van der Waals surface area contributed by atoms with Crippen molar-refractivity contribution in [1.29, 1.82) is 0 Å². The minimum Gasteiger partial charge on any atom is -0.394 e. The fourth-order valence-corrected chi connectivity index (χ4v) is 4.65. The molecule has 4 heterocycles. The number of hydrogen-bond acceptors (Lipinski definition) is 6. The predicted molar refractivity (Wildman–Crippen MR) is 145 cm³/mol. The number of likely N-dealkylation sites (tertiary alicyclic amines) is 1. The highest BCUT2D eigenvalue weighted by molar-refractivity contribution is 5.94. The van der Waals surface area contributed by atoms with E-state index < -0.39 is 0 Å². The van der Waals surface area contributed by atoms with Gasteiger partial charge in [0.2, 0.25) is 0 Å². The number of aliphatic hydroxyl groups is 1. The molecule has 10 nitrogen and oxygen atoms in total. The second kappa shape index (κ2) is 12.2. The Morgan fingerprint density at radius 1 is 1.13 bits per heavy atom. The molecular formula is C28H37N7O3. The van der Waals surface area contributed by atoms with Gasteiger partial charge in [0, 0.05) is 38.1 Å². The Labute approximate surface area is 223 Å². The Bertz CT molecular complexity index is 1270. The van der Waals surface area contributed by atoms with Crippen LogP contribution in [0.4, 0.5) is 4.79 Å². The van der Waals surface area contributed by atoms with Crippen molar-refractivity contribution in [2.24, 2.45) is 0 Å². The smallest absolute Gasteiger partial charge is 0.320 e. The van der Waals surface area contributed by atoms with Crippen LogP contribution in [0.15, 0.2) is 48.1 Å². The van der Waals surface area contributed by atoms with E-state index >= 15 is 0 Å². The van der Waals surface area contributed by atoms with Gasteiger partial charge in [-0.2, -0.15) is 0 Å². The van der Waals surface area contributed by atoms with Crippen molar-refractivity contribution in [2.75, 3.05) is 26.2 Å². The third-order valence-corrected chi connectivity index (χ3v) is 7.04. The summed E-state index contributed by atoms with van der Waals surface area (Å²) in [5.41, 5.74) is 4.87. The summed E-state index contributed by atoms with van der Waals surface area (Å²) in [6.07, 6.45) is 11.8. The van der Waals surface area contributed by atoms with Gasteiger partial charge in [0.05, 0.1) is 12.6 Å². The van der Waals surface area contributed by atoms with Gasteiger partial charge in [0.15, 0.2) is 5.82 Å². The maximum atomic E-state index is 13.1. The summed E-state index contributed by atoms with van der Waals surface area (Å²) in [7, 11) is 0. The molecule has 1 unspecified atom stereocenters. The maximum absolute atomic E-state index is 13.1. The van der Waals surface area contributed by atoms with Crippen molar-refractivity contribution in [3.05, 3.63) is 70.7 Å². The maximum Gasteiger partial charge on any atom is 0.320 e. The number of nitrogens with zero attached hydrogens (tertiary/aromatic N) is 6. The van der Waals surface area contributed by atoms with Crippen molar-refractivity contribution in [3.63, 3.8) is 0 Å². The molecule has 2 aliphatic heterocycles. The lowest BCUT2D eigenvalue weighted by Crippen LogP contribution is -2.44. The quantitative estimate of drug-likeness (QED) is 0.541. The Morgan fingerprint density at radius 3 is 2.61 bits per heavy atom. The summed E-state index contributed by atoms with van der Waals surface area (Å²) in [5, 5.41) is 20.6. The lowest BCUT2D eigenvalue weighted by Gasteiger charge is -2.32. The molecule has 202 valence electrons. The molecule has 0 spiro atoms. The highest BCUT2D eigenvalue weighted by atomic mass is 16.3. The number of fused-ring (bicyclic) bond motifs is 1.